The summed E-state index contributed by atoms with van der Waals surface area (Å²) in [5, 5.41) is 3.69. The van der Waals surface area contributed by atoms with Crippen LogP contribution in [0.3, 0.4) is 0 Å². The summed E-state index contributed by atoms with van der Waals surface area (Å²) in [5.74, 6) is 2.09. The fraction of sp³-hybridized carbons (Fsp3) is 1.00. The molecule has 17 heavy (non-hydrogen) atoms. The van der Waals surface area contributed by atoms with Crippen LogP contribution in [0.1, 0.15) is 46.0 Å². The summed E-state index contributed by atoms with van der Waals surface area (Å²) in [6.45, 7) is 10.1. The van der Waals surface area contributed by atoms with Crippen LogP contribution in [0.15, 0.2) is 0 Å². The number of nitrogens with zero attached hydrogens (tertiary/aromatic N) is 1. The molecule has 3 rings (SSSR count). The van der Waals surface area contributed by atoms with Crippen molar-refractivity contribution in [3.63, 3.8) is 0 Å². The second-order valence-corrected chi connectivity index (χ2v) is 7.46. The van der Waals surface area contributed by atoms with E-state index >= 15 is 0 Å². The zero-order valence-corrected chi connectivity index (χ0v) is 11.5. The van der Waals surface area contributed by atoms with Crippen LogP contribution in [-0.2, 0) is 0 Å². The van der Waals surface area contributed by atoms with Crippen LogP contribution in [0.5, 0.6) is 0 Å². The van der Waals surface area contributed by atoms with Crippen molar-refractivity contribution in [3.05, 3.63) is 0 Å². The van der Waals surface area contributed by atoms with Gasteiger partial charge < -0.3 is 10.2 Å². The molecule has 3 aliphatic rings. The standard InChI is InChI=1S/C15H28N2/c1-15(2,10-16-14-6-7-14)11-17-8-12-4-3-5-13(12)9-17/h12-14,16H,3-11H2,1-2H3. The Morgan fingerprint density at radius 2 is 1.71 bits per heavy atom. The van der Waals surface area contributed by atoms with Gasteiger partial charge >= 0.3 is 0 Å². The van der Waals surface area contributed by atoms with E-state index in [4.69, 9.17) is 0 Å². The van der Waals surface area contributed by atoms with Crippen LogP contribution < -0.4 is 5.32 Å². The smallest absolute Gasteiger partial charge is 0.00684 e. The van der Waals surface area contributed by atoms with E-state index in [1.54, 1.807) is 0 Å². The lowest BCUT2D eigenvalue weighted by Gasteiger charge is -2.31. The molecule has 1 heterocycles. The maximum Gasteiger partial charge on any atom is 0.00684 e. The van der Waals surface area contributed by atoms with E-state index in [2.05, 4.69) is 24.1 Å². The summed E-state index contributed by atoms with van der Waals surface area (Å²) in [6, 6.07) is 0.854. The molecule has 2 atom stereocenters. The molecule has 1 N–H and O–H groups in total. The lowest BCUT2D eigenvalue weighted by atomic mass is 9.92. The molecular weight excluding hydrogens is 208 g/mol. The normalized spacial score (nSPS) is 34.2. The van der Waals surface area contributed by atoms with Crippen LogP contribution in [0, 0.1) is 17.3 Å². The SMILES string of the molecule is CC(C)(CNC1CC1)CN1CC2CCCC2C1. The first-order valence-electron chi connectivity index (χ1n) is 7.58. The number of hydrogen-bond donors (Lipinski definition) is 1. The molecule has 2 heteroatoms. The van der Waals surface area contributed by atoms with Crippen molar-refractivity contribution in [3.8, 4) is 0 Å². The van der Waals surface area contributed by atoms with E-state index < -0.39 is 0 Å². The molecule has 0 aromatic carbocycles. The molecule has 98 valence electrons. The summed E-state index contributed by atoms with van der Waals surface area (Å²) < 4.78 is 0. The van der Waals surface area contributed by atoms with Crippen molar-refractivity contribution in [2.45, 2.75) is 52.0 Å². The number of rotatable bonds is 5. The van der Waals surface area contributed by atoms with Gasteiger partial charge in [0, 0.05) is 32.2 Å². The topological polar surface area (TPSA) is 15.3 Å². The zero-order valence-electron chi connectivity index (χ0n) is 11.5. The van der Waals surface area contributed by atoms with Gasteiger partial charge in [-0.1, -0.05) is 20.3 Å². The highest BCUT2D eigenvalue weighted by molar-refractivity contribution is 4.91. The molecule has 0 radical (unpaired) electrons. The van der Waals surface area contributed by atoms with Crippen molar-refractivity contribution < 1.29 is 0 Å². The quantitative estimate of drug-likeness (QED) is 0.789. The molecule has 1 aliphatic heterocycles. The first kappa shape index (κ1) is 12.0. The Labute approximate surface area is 106 Å². The highest BCUT2D eigenvalue weighted by Crippen LogP contribution is 2.38. The van der Waals surface area contributed by atoms with E-state index in [1.807, 2.05) is 0 Å². The third-order valence-corrected chi connectivity index (χ3v) is 4.90. The van der Waals surface area contributed by atoms with Crippen molar-refractivity contribution in [1.82, 2.24) is 10.2 Å². The number of hydrogen-bond acceptors (Lipinski definition) is 2. The molecule has 0 aromatic heterocycles. The van der Waals surface area contributed by atoms with Crippen molar-refractivity contribution >= 4 is 0 Å². The predicted molar refractivity (Wildman–Crippen MR) is 72.1 cm³/mol. The summed E-state index contributed by atoms with van der Waals surface area (Å²) >= 11 is 0. The third kappa shape index (κ3) is 3.03. The van der Waals surface area contributed by atoms with Crippen LogP contribution in [0.2, 0.25) is 0 Å². The number of nitrogens with one attached hydrogen (secondary N) is 1. The van der Waals surface area contributed by atoms with E-state index in [1.165, 1.54) is 58.3 Å². The first-order valence-corrected chi connectivity index (χ1v) is 7.58. The largest absolute Gasteiger partial charge is 0.313 e. The van der Waals surface area contributed by atoms with Gasteiger partial charge in [0.1, 0.15) is 0 Å². The van der Waals surface area contributed by atoms with Gasteiger partial charge in [-0.05, 0) is 42.9 Å². The second kappa shape index (κ2) is 4.55. The van der Waals surface area contributed by atoms with E-state index in [0.717, 1.165) is 17.9 Å². The molecule has 2 aliphatic carbocycles. The minimum absolute atomic E-state index is 0.446. The Balaban J connectivity index is 1.45. The molecule has 2 saturated carbocycles. The number of fused-ring (bicyclic) bond motifs is 1. The summed E-state index contributed by atoms with van der Waals surface area (Å²) in [5.41, 5.74) is 0.446. The summed E-state index contributed by atoms with van der Waals surface area (Å²) in [6.07, 6.45) is 7.31. The Bertz CT molecular complexity index is 258. The Morgan fingerprint density at radius 1 is 1.06 bits per heavy atom. The van der Waals surface area contributed by atoms with Crippen LogP contribution in [0.4, 0.5) is 0 Å². The average molecular weight is 236 g/mol. The maximum absolute atomic E-state index is 3.69. The van der Waals surface area contributed by atoms with Crippen LogP contribution in [0.25, 0.3) is 0 Å². The van der Waals surface area contributed by atoms with Crippen molar-refractivity contribution in [1.29, 1.82) is 0 Å². The van der Waals surface area contributed by atoms with Crippen LogP contribution >= 0.6 is 0 Å². The highest BCUT2D eigenvalue weighted by atomic mass is 15.2. The molecule has 0 bridgehead atoms. The van der Waals surface area contributed by atoms with Crippen LogP contribution in [-0.4, -0.2) is 37.1 Å². The first-order chi connectivity index (χ1) is 8.12. The van der Waals surface area contributed by atoms with Gasteiger partial charge in [0.2, 0.25) is 0 Å². The average Bonchev–Trinajstić information content (AvgIpc) is 2.87. The van der Waals surface area contributed by atoms with Gasteiger partial charge in [0.05, 0.1) is 0 Å². The zero-order chi connectivity index (χ0) is 11.9. The minimum Gasteiger partial charge on any atom is -0.313 e. The maximum atomic E-state index is 3.69. The highest BCUT2D eigenvalue weighted by Gasteiger charge is 2.37. The molecular formula is C15H28N2. The van der Waals surface area contributed by atoms with E-state index in [9.17, 15) is 0 Å². The lowest BCUT2D eigenvalue weighted by molar-refractivity contribution is 0.193. The van der Waals surface area contributed by atoms with Gasteiger partial charge in [0.25, 0.3) is 0 Å². The predicted octanol–water partition coefficient (Wildman–Crippen LogP) is 2.50. The van der Waals surface area contributed by atoms with E-state index in [-0.39, 0.29) is 0 Å². The second-order valence-electron chi connectivity index (χ2n) is 7.46. The third-order valence-electron chi connectivity index (χ3n) is 4.90. The van der Waals surface area contributed by atoms with Gasteiger partial charge in [-0.2, -0.15) is 0 Å². The summed E-state index contributed by atoms with van der Waals surface area (Å²) in [7, 11) is 0. The Morgan fingerprint density at radius 3 is 2.29 bits per heavy atom. The monoisotopic (exact) mass is 236 g/mol. The summed E-state index contributed by atoms with van der Waals surface area (Å²) in [4.78, 5) is 2.74. The molecule has 1 saturated heterocycles. The van der Waals surface area contributed by atoms with Crippen molar-refractivity contribution in [2.75, 3.05) is 26.2 Å². The fourth-order valence-electron chi connectivity index (χ4n) is 3.83. The van der Waals surface area contributed by atoms with Crippen molar-refractivity contribution in [2.24, 2.45) is 17.3 Å². The van der Waals surface area contributed by atoms with Gasteiger partial charge in [-0.15, -0.1) is 0 Å². The van der Waals surface area contributed by atoms with Gasteiger partial charge in [0.15, 0.2) is 0 Å². The van der Waals surface area contributed by atoms with E-state index in [0.29, 0.717) is 5.41 Å². The molecule has 0 amide bonds. The molecule has 2 nitrogen and oxygen atoms in total. The van der Waals surface area contributed by atoms with Gasteiger partial charge in [-0.25, -0.2) is 0 Å². The fourth-order valence-corrected chi connectivity index (χ4v) is 3.83. The Kier molecular flexibility index (Phi) is 3.20. The molecule has 0 spiro atoms. The number of likely N-dealkylation sites (tertiary alicyclic amines) is 1. The molecule has 3 fully saturated rings. The Hall–Kier alpha value is -0.0800. The molecule has 0 aromatic rings. The minimum atomic E-state index is 0.446. The van der Waals surface area contributed by atoms with Gasteiger partial charge in [-0.3, -0.25) is 0 Å². The molecule has 2 unspecified atom stereocenters. The lowest BCUT2D eigenvalue weighted by Crippen LogP contribution is -2.40.